The first kappa shape index (κ1) is 22.3. The van der Waals surface area contributed by atoms with Crippen LogP contribution in [-0.2, 0) is 11.8 Å². The van der Waals surface area contributed by atoms with Crippen LogP contribution in [0.2, 0.25) is 0 Å². The molecule has 0 amide bonds. The summed E-state index contributed by atoms with van der Waals surface area (Å²) >= 11 is 0. The van der Waals surface area contributed by atoms with Gasteiger partial charge in [-0.25, -0.2) is 0 Å². The van der Waals surface area contributed by atoms with E-state index in [2.05, 4.69) is 27.7 Å². The lowest BCUT2D eigenvalue weighted by Gasteiger charge is -2.61. The Morgan fingerprint density at radius 1 is 0.970 bits per heavy atom. The van der Waals surface area contributed by atoms with Crippen molar-refractivity contribution >= 4 is 0 Å². The van der Waals surface area contributed by atoms with Crippen molar-refractivity contribution in [3.8, 4) is 5.75 Å². The van der Waals surface area contributed by atoms with Crippen LogP contribution in [0.25, 0.3) is 0 Å². The molecule has 1 aromatic rings. The topological polar surface area (TPSA) is 50.2 Å². The largest absolute Gasteiger partial charge is 0.508 e. The number of aryl methyl sites for hydroxylation is 1. The van der Waals surface area contributed by atoms with Crippen molar-refractivity contribution in [1.82, 2.24) is 14.7 Å². The van der Waals surface area contributed by atoms with Gasteiger partial charge in [0.05, 0.1) is 5.60 Å². The van der Waals surface area contributed by atoms with Crippen LogP contribution in [0.3, 0.4) is 0 Å². The summed E-state index contributed by atoms with van der Waals surface area (Å²) in [6, 6.07) is 5.18. The molecule has 4 fully saturated rings. The van der Waals surface area contributed by atoms with Crippen LogP contribution < -0.4 is 0 Å². The van der Waals surface area contributed by atoms with Crippen molar-refractivity contribution in [1.29, 1.82) is 0 Å². The van der Waals surface area contributed by atoms with Gasteiger partial charge >= 0.3 is 0 Å². The fraction of sp³-hybridized carbons (Fsp3) is 0.786. The average molecular weight is 454 g/mol. The maximum atomic E-state index is 12.6. The SMILES string of the molecule is Cc1cc2c(cc1O)[C@@]13CCN(CCN4CCC[C@H]4C)CC[C@@]1(O)[C@@H](C2)N(CC1CC1)CC3. The van der Waals surface area contributed by atoms with Crippen LogP contribution >= 0.6 is 0 Å². The summed E-state index contributed by atoms with van der Waals surface area (Å²) in [6.45, 7) is 12.2. The highest BCUT2D eigenvalue weighted by molar-refractivity contribution is 5.51. The van der Waals surface area contributed by atoms with E-state index in [0.29, 0.717) is 5.75 Å². The van der Waals surface area contributed by atoms with Crippen molar-refractivity contribution in [2.75, 3.05) is 45.8 Å². The third kappa shape index (κ3) is 3.65. The number of phenols is 1. The predicted octanol–water partition coefficient (Wildman–Crippen LogP) is 3.29. The average Bonchev–Trinajstić information content (AvgIpc) is 3.54. The van der Waals surface area contributed by atoms with Crippen molar-refractivity contribution in [3.63, 3.8) is 0 Å². The van der Waals surface area contributed by atoms with Gasteiger partial charge in [-0.3, -0.25) is 9.80 Å². The van der Waals surface area contributed by atoms with E-state index in [1.807, 2.05) is 13.0 Å². The quantitative estimate of drug-likeness (QED) is 0.717. The Morgan fingerprint density at radius 2 is 1.76 bits per heavy atom. The second kappa shape index (κ2) is 8.22. The second-order valence-corrected chi connectivity index (χ2v) is 12.1. The van der Waals surface area contributed by atoms with Gasteiger partial charge in [0.2, 0.25) is 0 Å². The predicted molar refractivity (Wildman–Crippen MR) is 132 cm³/mol. The first-order chi connectivity index (χ1) is 15.9. The molecule has 4 atom stereocenters. The molecule has 1 aromatic carbocycles. The standard InChI is InChI=1S/C28H43N3O2/c1-20-16-23-17-26-28(33)9-12-29(14-15-30-10-3-4-21(30)2)11-7-27(28,24(23)18-25(20)32)8-13-31(26)19-22-5-6-22/h16,18,21-22,26,32-33H,3-15,17,19H2,1-2H3/t21-,26-,27+,28-/m1/s1. The van der Waals surface area contributed by atoms with Gasteiger partial charge < -0.3 is 15.1 Å². The lowest BCUT2D eigenvalue weighted by atomic mass is 9.52. The summed E-state index contributed by atoms with van der Waals surface area (Å²) in [7, 11) is 0. The number of rotatable bonds is 5. The number of hydrogen-bond donors (Lipinski definition) is 2. The third-order valence-electron chi connectivity index (χ3n) is 10.2. The molecule has 33 heavy (non-hydrogen) atoms. The number of piperidine rings is 1. The van der Waals surface area contributed by atoms with Crippen molar-refractivity contribution in [2.24, 2.45) is 5.92 Å². The lowest BCUT2D eigenvalue weighted by molar-refractivity contribution is -0.149. The summed E-state index contributed by atoms with van der Waals surface area (Å²) < 4.78 is 0. The zero-order chi connectivity index (χ0) is 22.8. The van der Waals surface area contributed by atoms with Gasteiger partial charge in [0.25, 0.3) is 0 Å². The molecule has 0 radical (unpaired) electrons. The van der Waals surface area contributed by atoms with E-state index < -0.39 is 5.60 Å². The summed E-state index contributed by atoms with van der Waals surface area (Å²) in [5.41, 5.74) is 2.67. The molecule has 0 aromatic heterocycles. The Bertz CT molecular complexity index is 901. The van der Waals surface area contributed by atoms with Crippen LogP contribution in [0.15, 0.2) is 12.1 Å². The summed E-state index contributed by atoms with van der Waals surface area (Å²) in [5.74, 6) is 1.24. The third-order valence-corrected chi connectivity index (χ3v) is 10.2. The highest BCUT2D eigenvalue weighted by atomic mass is 16.3. The van der Waals surface area contributed by atoms with E-state index in [1.54, 1.807) is 0 Å². The van der Waals surface area contributed by atoms with Crippen molar-refractivity contribution in [3.05, 3.63) is 28.8 Å². The highest BCUT2D eigenvalue weighted by Crippen LogP contribution is 2.57. The Morgan fingerprint density at radius 3 is 2.52 bits per heavy atom. The zero-order valence-electron chi connectivity index (χ0n) is 20.7. The molecule has 6 rings (SSSR count). The summed E-state index contributed by atoms with van der Waals surface area (Å²) in [5, 5.41) is 23.3. The highest BCUT2D eigenvalue weighted by Gasteiger charge is 2.63. The lowest BCUT2D eigenvalue weighted by Crippen LogP contribution is -2.71. The summed E-state index contributed by atoms with van der Waals surface area (Å²) in [4.78, 5) is 7.93. The zero-order valence-corrected chi connectivity index (χ0v) is 20.7. The fourth-order valence-electron chi connectivity index (χ4n) is 7.91. The number of phenolic OH excluding ortho intramolecular Hbond substituents is 1. The van der Waals surface area contributed by atoms with Crippen LogP contribution in [-0.4, -0.2) is 88.4 Å². The Kier molecular flexibility index (Phi) is 5.56. The van der Waals surface area contributed by atoms with E-state index in [-0.39, 0.29) is 11.5 Å². The smallest absolute Gasteiger partial charge is 0.118 e. The van der Waals surface area contributed by atoms with E-state index in [9.17, 15) is 10.2 Å². The summed E-state index contributed by atoms with van der Waals surface area (Å²) in [6.07, 6.45) is 9.18. The minimum absolute atomic E-state index is 0.210. The molecule has 5 nitrogen and oxygen atoms in total. The van der Waals surface area contributed by atoms with E-state index in [1.165, 1.54) is 43.4 Å². The molecule has 0 unspecified atom stereocenters. The number of fused-ring (bicyclic) bond motifs is 1. The maximum Gasteiger partial charge on any atom is 0.118 e. The van der Waals surface area contributed by atoms with Crippen molar-refractivity contribution in [2.45, 2.75) is 88.3 Å². The molecule has 1 saturated carbocycles. The molecule has 2 aliphatic carbocycles. The number of benzene rings is 1. The van der Waals surface area contributed by atoms with E-state index in [0.717, 1.165) is 82.5 Å². The number of aromatic hydroxyl groups is 1. The number of likely N-dealkylation sites (tertiary alicyclic amines) is 3. The van der Waals surface area contributed by atoms with Gasteiger partial charge in [-0.05, 0) is 114 Å². The van der Waals surface area contributed by atoms with Crippen molar-refractivity contribution < 1.29 is 10.2 Å². The Balaban J connectivity index is 1.31. The number of hydrogen-bond acceptors (Lipinski definition) is 5. The molecule has 3 heterocycles. The fourth-order valence-corrected chi connectivity index (χ4v) is 7.91. The molecule has 3 aliphatic heterocycles. The first-order valence-corrected chi connectivity index (χ1v) is 13.7. The van der Waals surface area contributed by atoms with Crippen LogP contribution in [0.5, 0.6) is 5.75 Å². The molecule has 2 N–H and O–H groups in total. The monoisotopic (exact) mass is 453 g/mol. The minimum atomic E-state index is -0.704. The molecular formula is C28H43N3O2. The van der Waals surface area contributed by atoms with Crippen LogP contribution in [0, 0.1) is 12.8 Å². The van der Waals surface area contributed by atoms with Gasteiger partial charge in [-0.2, -0.15) is 0 Å². The van der Waals surface area contributed by atoms with E-state index in [4.69, 9.17) is 0 Å². The Labute approximate surface area is 199 Å². The van der Waals surface area contributed by atoms with Crippen LogP contribution in [0.1, 0.15) is 68.6 Å². The maximum absolute atomic E-state index is 12.6. The minimum Gasteiger partial charge on any atom is -0.508 e. The van der Waals surface area contributed by atoms with Gasteiger partial charge in [0.15, 0.2) is 0 Å². The molecule has 182 valence electrons. The Hall–Kier alpha value is -1.14. The van der Waals surface area contributed by atoms with Crippen LogP contribution in [0.4, 0.5) is 0 Å². The molecule has 3 saturated heterocycles. The number of nitrogens with zero attached hydrogens (tertiary/aromatic N) is 3. The molecule has 0 spiro atoms. The van der Waals surface area contributed by atoms with Gasteiger partial charge in [0.1, 0.15) is 5.75 Å². The molecule has 2 bridgehead atoms. The molecule has 5 aliphatic rings. The van der Waals surface area contributed by atoms with Gasteiger partial charge in [0, 0.05) is 43.7 Å². The second-order valence-electron chi connectivity index (χ2n) is 12.1. The van der Waals surface area contributed by atoms with Gasteiger partial charge in [-0.1, -0.05) is 6.07 Å². The normalized spacial score (nSPS) is 37.5. The van der Waals surface area contributed by atoms with E-state index >= 15 is 0 Å². The first-order valence-electron chi connectivity index (χ1n) is 13.7. The van der Waals surface area contributed by atoms with Gasteiger partial charge in [-0.15, -0.1) is 0 Å². The molecule has 5 heteroatoms. The number of aliphatic hydroxyl groups is 1. The molecular weight excluding hydrogens is 410 g/mol.